The quantitative estimate of drug-likeness (QED) is 0.255. The molecule has 0 fully saturated rings. The lowest BCUT2D eigenvalue weighted by Crippen LogP contribution is -1.76. The first kappa shape index (κ1) is 19.9. The molecule has 0 amide bonds. The van der Waals surface area contributed by atoms with E-state index >= 15 is 0 Å². The number of hydrogen-bond donors (Lipinski definition) is 0. The highest BCUT2D eigenvalue weighted by Gasteiger charge is 2.14. The molecule has 0 N–H and O–H groups in total. The summed E-state index contributed by atoms with van der Waals surface area (Å²) in [7, 11) is 0. The lowest BCUT2D eigenvalue weighted by Gasteiger charge is -1.97. The molecule has 2 aliphatic carbocycles. The zero-order valence-electron chi connectivity index (χ0n) is 17.4. The highest BCUT2D eigenvalue weighted by Crippen LogP contribution is 2.41. The minimum Gasteiger partial charge on any atom is -0.214 e. The van der Waals surface area contributed by atoms with Gasteiger partial charge in [0.25, 0.3) is 0 Å². The summed E-state index contributed by atoms with van der Waals surface area (Å²) in [5, 5.41) is 19.0. The topological polar surface area (TPSA) is 62.3 Å². The number of hydrogen-bond acceptors (Lipinski definition) is 6. The number of rotatable bonds is 5. The average molecular weight is 434 g/mol. The zero-order valence-corrected chi connectivity index (χ0v) is 18.2. The number of azo groups is 2. The van der Waals surface area contributed by atoms with Crippen molar-refractivity contribution in [3.8, 4) is 22.4 Å². The Hall–Kier alpha value is -4.03. The fraction of sp³-hybridized carbons (Fsp3) is 0.0385. The van der Waals surface area contributed by atoms with E-state index in [9.17, 15) is 0 Å². The van der Waals surface area contributed by atoms with Crippen molar-refractivity contribution in [3.05, 3.63) is 103 Å². The van der Waals surface area contributed by atoms with E-state index in [1.54, 1.807) is 0 Å². The van der Waals surface area contributed by atoms with Crippen molar-refractivity contribution in [3.63, 3.8) is 0 Å². The van der Waals surface area contributed by atoms with Gasteiger partial charge in [-0.15, -0.1) is 20.5 Å². The minimum absolute atomic E-state index is 0.538. The van der Waals surface area contributed by atoms with E-state index in [0.717, 1.165) is 33.8 Å². The van der Waals surface area contributed by atoms with Crippen LogP contribution in [0.1, 0.15) is 5.56 Å². The summed E-state index contributed by atoms with van der Waals surface area (Å²) in [5.41, 5.74) is 6.69. The van der Waals surface area contributed by atoms with Gasteiger partial charge in [-0.05, 0) is 30.7 Å². The predicted molar refractivity (Wildman–Crippen MR) is 130 cm³/mol. The minimum atomic E-state index is 0.538. The van der Waals surface area contributed by atoms with E-state index in [-0.39, 0.29) is 0 Å². The van der Waals surface area contributed by atoms with Crippen molar-refractivity contribution in [2.45, 2.75) is 6.92 Å². The van der Waals surface area contributed by atoms with Crippen LogP contribution < -0.4 is 0 Å². The fourth-order valence-electron chi connectivity index (χ4n) is 3.29. The predicted octanol–water partition coefficient (Wildman–Crippen LogP) is 9.05. The van der Waals surface area contributed by atoms with Gasteiger partial charge in [-0.25, -0.2) is 4.98 Å². The third kappa shape index (κ3) is 4.36. The van der Waals surface area contributed by atoms with Crippen LogP contribution in [0, 0.1) is 6.92 Å². The van der Waals surface area contributed by atoms with Gasteiger partial charge in [0.05, 0.1) is 11.4 Å². The van der Waals surface area contributed by atoms with E-state index in [4.69, 9.17) is 4.98 Å². The molecule has 0 spiro atoms. The number of aryl methyl sites for hydroxylation is 1. The lowest BCUT2D eigenvalue weighted by atomic mass is 10.2. The molecule has 1 heterocycles. The third-order valence-electron chi connectivity index (χ3n) is 4.95. The highest BCUT2D eigenvalue weighted by atomic mass is 32.1. The Morgan fingerprint density at radius 1 is 0.625 bits per heavy atom. The molecular weight excluding hydrogens is 414 g/mol. The van der Waals surface area contributed by atoms with Gasteiger partial charge in [0.1, 0.15) is 5.69 Å². The molecule has 32 heavy (non-hydrogen) atoms. The first-order valence-corrected chi connectivity index (χ1v) is 11.0. The summed E-state index contributed by atoms with van der Waals surface area (Å²) in [4.78, 5) is 4.70. The molecule has 5 nitrogen and oxygen atoms in total. The smallest absolute Gasteiger partial charge is 0.214 e. The zero-order chi connectivity index (χ0) is 21.8. The molecular formula is C26H19N5S. The van der Waals surface area contributed by atoms with Crippen LogP contribution in [0.25, 0.3) is 22.4 Å². The second-order valence-corrected chi connectivity index (χ2v) is 8.21. The summed E-state index contributed by atoms with van der Waals surface area (Å²) in [5.74, 6) is 0. The van der Waals surface area contributed by atoms with Crippen LogP contribution >= 0.6 is 11.3 Å². The molecule has 154 valence electrons. The third-order valence-corrected chi connectivity index (χ3v) is 5.77. The van der Waals surface area contributed by atoms with Gasteiger partial charge in [-0.1, -0.05) is 95.8 Å². The SMILES string of the molecule is Cc1ccc(N=Nc2sc(N=Nc3ccc4cccccc3-4)nc2-c2ccccc2)cc1. The number of nitrogens with zero attached hydrogens (tertiary/aromatic N) is 5. The Morgan fingerprint density at radius 3 is 2.12 bits per heavy atom. The molecule has 6 heteroatoms. The molecule has 0 bridgehead atoms. The van der Waals surface area contributed by atoms with Crippen LogP contribution in [0.4, 0.5) is 21.5 Å². The summed E-state index contributed by atoms with van der Waals surface area (Å²) in [6, 6.07) is 32.0. The van der Waals surface area contributed by atoms with Gasteiger partial charge in [0.15, 0.2) is 5.00 Å². The standard InChI is InChI=1S/C26H19N5S/c1-18-12-15-21(16-13-18)28-30-25-24(20-9-5-2-6-10-20)27-26(32-25)31-29-23-17-14-19-8-4-3-7-11-22(19)23/h2-17H,1H3. The van der Waals surface area contributed by atoms with Gasteiger partial charge in [0, 0.05) is 11.1 Å². The van der Waals surface area contributed by atoms with Crippen molar-refractivity contribution >= 4 is 32.8 Å². The van der Waals surface area contributed by atoms with Crippen LogP contribution in [0.5, 0.6) is 0 Å². The Balaban J connectivity index is 1.49. The Kier molecular flexibility index (Phi) is 5.59. The maximum absolute atomic E-state index is 4.70. The Labute approximate surface area is 190 Å². The molecule has 1 aromatic heterocycles. The van der Waals surface area contributed by atoms with Gasteiger partial charge in [0.2, 0.25) is 5.13 Å². The van der Waals surface area contributed by atoms with Crippen LogP contribution in [0.2, 0.25) is 0 Å². The first-order valence-electron chi connectivity index (χ1n) is 10.2. The summed E-state index contributed by atoms with van der Waals surface area (Å²) in [6.07, 6.45) is 0. The monoisotopic (exact) mass is 433 g/mol. The van der Waals surface area contributed by atoms with Crippen molar-refractivity contribution in [2.24, 2.45) is 20.5 Å². The van der Waals surface area contributed by atoms with Crippen LogP contribution in [-0.4, -0.2) is 4.98 Å². The summed E-state index contributed by atoms with van der Waals surface area (Å²) >= 11 is 1.37. The first-order chi connectivity index (χ1) is 15.8. The maximum Gasteiger partial charge on any atom is 0.232 e. The van der Waals surface area contributed by atoms with E-state index in [0.29, 0.717) is 10.1 Å². The van der Waals surface area contributed by atoms with Crippen molar-refractivity contribution in [1.29, 1.82) is 0 Å². The number of thiazole rings is 1. The molecule has 0 radical (unpaired) electrons. The van der Waals surface area contributed by atoms with E-state index in [1.807, 2.05) is 97.9 Å². The number of fused-ring (bicyclic) bond motifs is 1. The molecule has 0 saturated heterocycles. The van der Waals surface area contributed by atoms with Gasteiger partial charge < -0.3 is 0 Å². The second kappa shape index (κ2) is 8.99. The normalized spacial score (nSPS) is 11.7. The molecule has 0 unspecified atom stereocenters. The molecule has 2 aliphatic rings. The van der Waals surface area contributed by atoms with Crippen LogP contribution in [-0.2, 0) is 0 Å². The Morgan fingerprint density at radius 2 is 1.34 bits per heavy atom. The second-order valence-electron chi connectivity index (χ2n) is 7.25. The van der Waals surface area contributed by atoms with Crippen LogP contribution in [0.15, 0.2) is 118 Å². The summed E-state index contributed by atoms with van der Waals surface area (Å²) < 4.78 is 0. The molecule has 0 aliphatic heterocycles. The maximum atomic E-state index is 4.70. The van der Waals surface area contributed by atoms with E-state index in [1.165, 1.54) is 16.9 Å². The van der Waals surface area contributed by atoms with Crippen molar-refractivity contribution < 1.29 is 0 Å². The van der Waals surface area contributed by atoms with Gasteiger partial charge in [-0.2, -0.15) is 0 Å². The van der Waals surface area contributed by atoms with Gasteiger partial charge in [-0.3, -0.25) is 0 Å². The highest BCUT2D eigenvalue weighted by molar-refractivity contribution is 7.19. The van der Waals surface area contributed by atoms with Gasteiger partial charge >= 0.3 is 0 Å². The van der Waals surface area contributed by atoms with Crippen LogP contribution in [0.3, 0.4) is 0 Å². The fourth-order valence-corrected chi connectivity index (χ4v) is 4.03. The lowest BCUT2D eigenvalue weighted by molar-refractivity contribution is 1.20. The Bertz CT molecular complexity index is 1370. The summed E-state index contributed by atoms with van der Waals surface area (Å²) in [6.45, 7) is 2.05. The van der Waals surface area contributed by atoms with Crippen molar-refractivity contribution in [1.82, 2.24) is 4.98 Å². The molecule has 3 aromatic rings. The average Bonchev–Trinajstić information content (AvgIpc) is 3.33. The largest absolute Gasteiger partial charge is 0.232 e. The number of benzene rings is 2. The van der Waals surface area contributed by atoms with E-state index < -0.39 is 0 Å². The molecule has 0 atom stereocenters. The molecule has 2 aromatic carbocycles. The molecule has 0 saturated carbocycles. The van der Waals surface area contributed by atoms with Crippen molar-refractivity contribution in [2.75, 3.05) is 0 Å². The number of aromatic nitrogens is 1. The molecule has 5 rings (SSSR count). The van der Waals surface area contributed by atoms with E-state index in [2.05, 4.69) is 26.5 Å².